The molecule has 4 aromatic rings. The number of aromatic nitrogens is 2. The lowest BCUT2D eigenvalue weighted by molar-refractivity contribution is -0.118. The van der Waals surface area contributed by atoms with Gasteiger partial charge in [-0.3, -0.25) is 13.9 Å². The van der Waals surface area contributed by atoms with Crippen LogP contribution in [0, 0.1) is 6.92 Å². The summed E-state index contributed by atoms with van der Waals surface area (Å²) >= 11 is 0. The number of hydrogen-bond donors (Lipinski definition) is 1. The predicted molar refractivity (Wildman–Crippen MR) is 125 cm³/mol. The molecule has 1 N–H and O–H groups in total. The number of ether oxygens (including phenoxy) is 1. The Morgan fingerprint density at radius 2 is 1.55 bits per heavy atom. The molecule has 3 aromatic carbocycles. The van der Waals surface area contributed by atoms with Crippen molar-refractivity contribution in [2.75, 3.05) is 11.9 Å². The number of nitrogens with zero attached hydrogens (tertiary/aromatic N) is 2. The van der Waals surface area contributed by atoms with Crippen molar-refractivity contribution in [1.82, 2.24) is 9.13 Å². The van der Waals surface area contributed by atoms with Gasteiger partial charge in [0.15, 0.2) is 6.61 Å². The van der Waals surface area contributed by atoms with Gasteiger partial charge in [0.1, 0.15) is 5.75 Å². The van der Waals surface area contributed by atoms with Gasteiger partial charge in [-0.05, 0) is 42.8 Å². The van der Waals surface area contributed by atoms with Gasteiger partial charge in [0.25, 0.3) is 5.91 Å². The third-order valence-corrected chi connectivity index (χ3v) is 7.25. The normalized spacial score (nSPS) is 11.5. The molecule has 0 aliphatic heterocycles. The van der Waals surface area contributed by atoms with E-state index < -0.39 is 15.7 Å². The van der Waals surface area contributed by atoms with Gasteiger partial charge in [-0.25, -0.2) is 13.2 Å². The van der Waals surface area contributed by atoms with Crippen LogP contribution in [0.1, 0.15) is 5.56 Å². The molecule has 0 saturated heterocycles. The van der Waals surface area contributed by atoms with Crippen LogP contribution < -0.4 is 15.7 Å². The largest absolute Gasteiger partial charge is 0.483 e. The second-order valence-electron chi connectivity index (χ2n) is 7.66. The van der Waals surface area contributed by atoms with Gasteiger partial charge in [0.2, 0.25) is 9.84 Å². The van der Waals surface area contributed by atoms with Crippen molar-refractivity contribution >= 4 is 32.5 Å². The van der Waals surface area contributed by atoms with Crippen molar-refractivity contribution < 1.29 is 17.9 Å². The number of sulfone groups is 1. The Balaban J connectivity index is 1.76. The maximum absolute atomic E-state index is 13.4. The predicted octanol–water partition coefficient (Wildman–Crippen LogP) is 3.04. The van der Waals surface area contributed by atoms with E-state index in [0.29, 0.717) is 16.8 Å². The lowest BCUT2D eigenvalue weighted by Gasteiger charge is -2.14. The minimum Gasteiger partial charge on any atom is -0.483 e. The number of benzene rings is 3. The van der Waals surface area contributed by atoms with Gasteiger partial charge in [0, 0.05) is 14.1 Å². The molecule has 0 radical (unpaired) electrons. The number of amides is 1. The summed E-state index contributed by atoms with van der Waals surface area (Å²) in [4.78, 5) is 25.1. The Bertz CT molecular complexity index is 1520. The highest BCUT2D eigenvalue weighted by atomic mass is 32.2. The zero-order chi connectivity index (χ0) is 23.8. The van der Waals surface area contributed by atoms with Crippen molar-refractivity contribution in [2.24, 2.45) is 14.1 Å². The van der Waals surface area contributed by atoms with Gasteiger partial charge in [-0.15, -0.1) is 0 Å². The Kier molecular flexibility index (Phi) is 5.82. The van der Waals surface area contributed by atoms with Crippen molar-refractivity contribution in [3.8, 4) is 5.75 Å². The van der Waals surface area contributed by atoms with Crippen molar-refractivity contribution in [1.29, 1.82) is 0 Å². The Morgan fingerprint density at radius 1 is 0.939 bits per heavy atom. The first kappa shape index (κ1) is 22.3. The number of carbonyl (C=O) groups excluding carboxylic acids is 1. The van der Waals surface area contributed by atoms with E-state index in [0.717, 1.165) is 5.56 Å². The van der Waals surface area contributed by atoms with Crippen LogP contribution in [0.15, 0.2) is 81.3 Å². The van der Waals surface area contributed by atoms with E-state index in [1.165, 1.54) is 33.4 Å². The summed E-state index contributed by atoms with van der Waals surface area (Å²) in [6, 6.07) is 18.1. The monoisotopic (exact) mass is 465 g/mol. The van der Waals surface area contributed by atoms with Gasteiger partial charge in [-0.1, -0.05) is 36.4 Å². The number of rotatable bonds is 6. The highest BCUT2D eigenvalue weighted by Crippen LogP contribution is 2.31. The third kappa shape index (κ3) is 4.14. The minimum atomic E-state index is -3.98. The highest BCUT2D eigenvalue weighted by molar-refractivity contribution is 7.91. The fourth-order valence-electron chi connectivity index (χ4n) is 3.62. The number of hydrogen-bond acceptors (Lipinski definition) is 5. The molecule has 0 unspecified atom stereocenters. The highest BCUT2D eigenvalue weighted by Gasteiger charge is 2.25. The van der Waals surface area contributed by atoms with Crippen LogP contribution in [0.2, 0.25) is 0 Å². The van der Waals surface area contributed by atoms with Crippen LogP contribution in [-0.4, -0.2) is 30.1 Å². The van der Waals surface area contributed by atoms with Crippen LogP contribution in [0.25, 0.3) is 11.0 Å². The molecule has 8 nitrogen and oxygen atoms in total. The number of aryl methyl sites for hydroxylation is 3. The van der Waals surface area contributed by atoms with E-state index in [4.69, 9.17) is 4.74 Å². The molecule has 0 saturated carbocycles. The molecule has 1 heterocycles. The maximum atomic E-state index is 13.4. The molecule has 170 valence electrons. The molecule has 1 amide bonds. The standard InChI is InChI=1S/C24H23N3O5S/c1-16-9-7-8-12-21(16)32-15-23(28)25-18-13-19-20(27(3)24(29)26(19)2)14-22(18)33(30,31)17-10-5-4-6-11-17/h4-14H,15H2,1-3H3,(H,25,28). The molecule has 0 fully saturated rings. The third-order valence-electron chi connectivity index (χ3n) is 5.44. The van der Waals surface area contributed by atoms with E-state index in [2.05, 4.69) is 5.32 Å². The fourth-order valence-corrected chi connectivity index (χ4v) is 5.06. The molecule has 33 heavy (non-hydrogen) atoms. The van der Waals surface area contributed by atoms with Crippen molar-refractivity contribution in [3.05, 3.63) is 82.8 Å². The first-order valence-corrected chi connectivity index (χ1v) is 11.7. The summed E-state index contributed by atoms with van der Waals surface area (Å²) in [6.45, 7) is 1.56. The number of para-hydroxylation sites is 1. The number of anilines is 1. The molecule has 0 aliphatic carbocycles. The summed E-state index contributed by atoms with van der Waals surface area (Å²) in [7, 11) is -0.827. The lowest BCUT2D eigenvalue weighted by atomic mass is 10.2. The van der Waals surface area contributed by atoms with Crippen molar-refractivity contribution in [3.63, 3.8) is 0 Å². The fraction of sp³-hybridized carbons (Fsp3) is 0.167. The van der Waals surface area contributed by atoms with Crippen LogP contribution in [0.4, 0.5) is 5.69 Å². The summed E-state index contributed by atoms with van der Waals surface area (Å²) < 4.78 is 35.2. The van der Waals surface area contributed by atoms with Gasteiger partial charge in [-0.2, -0.15) is 0 Å². The molecule has 0 atom stereocenters. The number of carbonyl (C=O) groups is 1. The van der Waals surface area contributed by atoms with E-state index >= 15 is 0 Å². The average molecular weight is 466 g/mol. The first-order valence-electron chi connectivity index (χ1n) is 10.2. The Hall–Kier alpha value is -3.85. The van der Waals surface area contributed by atoms with E-state index in [-0.39, 0.29) is 27.8 Å². The molecular formula is C24H23N3O5S. The van der Waals surface area contributed by atoms with Crippen LogP contribution in [-0.2, 0) is 28.7 Å². The second kappa shape index (κ2) is 8.59. The van der Waals surface area contributed by atoms with Crippen molar-refractivity contribution in [2.45, 2.75) is 16.7 Å². The smallest absolute Gasteiger partial charge is 0.328 e. The summed E-state index contributed by atoms with van der Waals surface area (Å²) in [5, 5.41) is 2.66. The van der Waals surface area contributed by atoms with Gasteiger partial charge >= 0.3 is 5.69 Å². The summed E-state index contributed by atoms with van der Waals surface area (Å²) in [5.74, 6) is 0.0359. The topological polar surface area (TPSA) is 99.4 Å². The molecule has 0 aliphatic rings. The second-order valence-corrected chi connectivity index (χ2v) is 9.57. The molecule has 4 rings (SSSR count). The number of fused-ring (bicyclic) bond motifs is 1. The van der Waals surface area contributed by atoms with E-state index in [1.807, 2.05) is 19.1 Å². The lowest BCUT2D eigenvalue weighted by Crippen LogP contribution is -2.22. The SMILES string of the molecule is Cc1ccccc1OCC(=O)Nc1cc2c(cc1S(=O)(=O)c1ccccc1)n(C)c(=O)n2C. The number of nitrogens with one attached hydrogen (secondary N) is 1. The quantitative estimate of drug-likeness (QED) is 0.472. The molecule has 0 spiro atoms. The summed E-state index contributed by atoms with van der Waals surface area (Å²) in [5.41, 5.74) is 1.57. The Morgan fingerprint density at radius 3 is 2.21 bits per heavy atom. The molecule has 0 bridgehead atoms. The van der Waals surface area contributed by atoms with Gasteiger partial charge < -0.3 is 10.1 Å². The first-order chi connectivity index (χ1) is 15.7. The van der Waals surface area contributed by atoms with E-state index in [9.17, 15) is 18.0 Å². The summed E-state index contributed by atoms with van der Waals surface area (Å²) in [6.07, 6.45) is 0. The maximum Gasteiger partial charge on any atom is 0.328 e. The number of imidazole rings is 1. The van der Waals surface area contributed by atoms with E-state index in [1.54, 1.807) is 44.4 Å². The molecule has 9 heteroatoms. The van der Waals surface area contributed by atoms with Crippen LogP contribution >= 0.6 is 0 Å². The zero-order valence-corrected chi connectivity index (χ0v) is 19.2. The minimum absolute atomic E-state index is 0.0749. The molecule has 1 aromatic heterocycles. The zero-order valence-electron chi connectivity index (χ0n) is 18.4. The Labute approximate surface area is 191 Å². The molecular weight excluding hydrogens is 442 g/mol. The van der Waals surface area contributed by atoms with Gasteiger partial charge in [0.05, 0.1) is 26.5 Å². The van der Waals surface area contributed by atoms with Crippen LogP contribution in [0.3, 0.4) is 0 Å². The van der Waals surface area contributed by atoms with Crippen LogP contribution in [0.5, 0.6) is 5.75 Å². The average Bonchev–Trinajstić information content (AvgIpc) is 3.02.